The zero-order valence-electron chi connectivity index (χ0n) is 23.0. The second-order valence-corrected chi connectivity index (χ2v) is 11.1. The molecule has 1 unspecified atom stereocenters. The van der Waals surface area contributed by atoms with Gasteiger partial charge in [0.1, 0.15) is 5.82 Å². The number of nitrogens with one attached hydrogen (secondary N) is 1. The quantitative estimate of drug-likeness (QED) is 0.264. The molecule has 1 aromatic heterocycles. The molecule has 1 atom stereocenters. The SMILES string of the molecule is O=C(C(O)c1cccc(-c2cc(C(F)(F)F)cc(C(F)(F)F)c2)c1)N1CCc2nc(C3(c4ccccc4)CC3)[nH]c(=O)c2C1. The van der Waals surface area contributed by atoms with Gasteiger partial charge in [0.15, 0.2) is 6.10 Å². The Kier molecular flexibility index (Phi) is 7.15. The average Bonchev–Trinajstić information content (AvgIpc) is 3.82. The lowest BCUT2D eigenvalue weighted by atomic mass is 9.94. The lowest BCUT2D eigenvalue weighted by molar-refractivity contribution is -0.143. The third-order valence-corrected chi connectivity index (χ3v) is 8.27. The molecule has 3 aromatic carbocycles. The molecule has 6 nitrogen and oxygen atoms in total. The van der Waals surface area contributed by atoms with Gasteiger partial charge in [-0.3, -0.25) is 9.59 Å². The second kappa shape index (κ2) is 10.6. The number of nitrogens with zero attached hydrogens (tertiary/aromatic N) is 2. The Morgan fingerprint density at radius 2 is 1.55 bits per heavy atom. The largest absolute Gasteiger partial charge is 0.416 e. The van der Waals surface area contributed by atoms with E-state index in [-0.39, 0.29) is 53.2 Å². The highest BCUT2D eigenvalue weighted by Crippen LogP contribution is 2.52. The molecule has 6 rings (SSSR count). The highest BCUT2D eigenvalue weighted by atomic mass is 19.4. The van der Waals surface area contributed by atoms with Crippen molar-refractivity contribution >= 4 is 5.91 Å². The molecule has 0 radical (unpaired) electrons. The number of aromatic amines is 1. The van der Waals surface area contributed by atoms with Crippen LogP contribution in [0.25, 0.3) is 11.1 Å². The fourth-order valence-electron chi connectivity index (χ4n) is 5.71. The van der Waals surface area contributed by atoms with Crippen molar-refractivity contribution in [3.63, 3.8) is 0 Å². The van der Waals surface area contributed by atoms with Crippen molar-refractivity contribution in [2.45, 2.75) is 49.7 Å². The summed E-state index contributed by atoms with van der Waals surface area (Å²) >= 11 is 0. The molecule has 2 N–H and O–H groups in total. The number of aliphatic hydroxyl groups excluding tert-OH is 1. The second-order valence-electron chi connectivity index (χ2n) is 11.1. The van der Waals surface area contributed by atoms with Gasteiger partial charge in [-0.05, 0) is 59.4 Å². The molecule has 1 fully saturated rings. The Balaban J connectivity index is 1.24. The van der Waals surface area contributed by atoms with Crippen molar-refractivity contribution in [3.8, 4) is 11.1 Å². The van der Waals surface area contributed by atoms with E-state index in [9.17, 15) is 41.0 Å². The van der Waals surface area contributed by atoms with Crippen LogP contribution < -0.4 is 5.56 Å². The molecule has 4 aromatic rings. The first-order valence-corrected chi connectivity index (χ1v) is 13.8. The summed E-state index contributed by atoms with van der Waals surface area (Å²) in [6.45, 7) is 0.0355. The van der Waals surface area contributed by atoms with Gasteiger partial charge in [0, 0.05) is 13.0 Å². The van der Waals surface area contributed by atoms with Crippen LogP contribution in [-0.4, -0.2) is 32.4 Å². The van der Waals surface area contributed by atoms with Gasteiger partial charge >= 0.3 is 12.4 Å². The maximum Gasteiger partial charge on any atom is 0.416 e. The first-order chi connectivity index (χ1) is 20.8. The van der Waals surface area contributed by atoms with E-state index in [1.165, 1.54) is 29.2 Å². The van der Waals surface area contributed by atoms with Gasteiger partial charge in [-0.15, -0.1) is 0 Å². The van der Waals surface area contributed by atoms with E-state index in [0.717, 1.165) is 18.4 Å². The Bertz CT molecular complexity index is 1760. The molecule has 1 aliphatic heterocycles. The van der Waals surface area contributed by atoms with Crippen LogP contribution in [0.1, 0.15) is 58.3 Å². The number of hydrogen-bond acceptors (Lipinski definition) is 4. The minimum absolute atomic E-state index is 0.0230. The van der Waals surface area contributed by atoms with Gasteiger partial charge in [-0.1, -0.05) is 48.5 Å². The van der Waals surface area contributed by atoms with Crippen LogP contribution in [0, 0.1) is 0 Å². The molecule has 1 amide bonds. The van der Waals surface area contributed by atoms with Crippen LogP contribution >= 0.6 is 0 Å². The Morgan fingerprint density at radius 1 is 0.886 bits per heavy atom. The highest BCUT2D eigenvalue weighted by Gasteiger charge is 2.48. The number of H-pyrrole nitrogens is 1. The lowest BCUT2D eigenvalue weighted by Gasteiger charge is -2.30. The predicted molar refractivity (Wildman–Crippen MR) is 147 cm³/mol. The molecule has 2 aliphatic rings. The minimum atomic E-state index is -5.03. The first-order valence-electron chi connectivity index (χ1n) is 13.8. The van der Waals surface area contributed by atoms with Crippen LogP contribution in [-0.2, 0) is 35.5 Å². The molecule has 228 valence electrons. The van der Waals surface area contributed by atoms with Gasteiger partial charge in [0.2, 0.25) is 0 Å². The van der Waals surface area contributed by atoms with Crippen LogP contribution in [0.5, 0.6) is 0 Å². The molecule has 0 saturated heterocycles. The third-order valence-electron chi connectivity index (χ3n) is 8.27. The number of amides is 1. The smallest absolute Gasteiger partial charge is 0.378 e. The van der Waals surface area contributed by atoms with Crippen molar-refractivity contribution in [1.29, 1.82) is 0 Å². The normalized spacial score (nSPS) is 16.8. The fourth-order valence-corrected chi connectivity index (χ4v) is 5.71. The maximum absolute atomic E-state index is 13.4. The van der Waals surface area contributed by atoms with E-state index in [4.69, 9.17) is 4.98 Å². The van der Waals surface area contributed by atoms with Crippen molar-refractivity contribution in [3.05, 3.63) is 122 Å². The summed E-state index contributed by atoms with van der Waals surface area (Å²) in [6.07, 6.45) is -9.88. The summed E-state index contributed by atoms with van der Waals surface area (Å²) in [5.74, 6) is -0.188. The number of fused-ring (bicyclic) bond motifs is 1. The molecule has 0 spiro atoms. The summed E-state index contributed by atoms with van der Waals surface area (Å²) in [4.78, 5) is 35.4. The average molecular weight is 614 g/mol. The summed E-state index contributed by atoms with van der Waals surface area (Å²) in [5, 5.41) is 10.9. The monoisotopic (exact) mass is 613 g/mol. The lowest BCUT2D eigenvalue weighted by Crippen LogP contribution is -2.42. The maximum atomic E-state index is 13.4. The molecule has 1 aliphatic carbocycles. The van der Waals surface area contributed by atoms with E-state index in [2.05, 4.69) is 4.98 Å². The van der Waals surface area contributed by atoms with Gasteiger partial charge < -0.3 is 15.0 Å². The Morgan fingerprint density at radius 3 is 2.16 bits per heavy atom. The van der Waals surface area contributed by atoms with E-state index in [1.54, 1.807) is 0 Å². The fraction of sp³-hybridized carbons (Fsp3) is 0.281. The minimum Gasteiger partial charge on any atom is -0.378 e. The van der Waals surface area contributed by atoms with Gasteiger partial charge in [-0.2, -0.15) is 26.3 Å². The summed E-state index contributed by atoms with van der Waals surface area (Å²) in [5.41, 5.74) is -2.22. The van der Waals surface area contributed by atoms with Crippen LogP contribution in [0.3, 0.4) is 0 Å². The Labute approximate surface area is 247 Å². The van der Waals surface area contributed by atoms with Crippen molar-refractivity contribution in [2.24, 2.45) is 0 Å². The molecule has 44 heavy (non-hydrogen) atoms. The van der Waals surface area contributed by atoms with Gasteiger partial charge in [0.25, 0.3) is 11.5 Å². The van der Waals surface area contributed by atoms with E-state index in [0.29, 0.717) is 29.2 Å². The van der Waals surface area contributed by atoms with Crippen LogP contribution in [0.15, 0.2) is 77.6 Å². The number of halogens is 6. The van der Waals surface area contributed by atoms with Crippen LogP contribution in [0.4, 0.5) is 26.3 Å². The molecule has 1 saturated carbocycles. The van der Waals surface area contributed by atoms with E-state index in [1.807, 2.05) is 30.3 Å². The van der Waals surface area contributed by atoms with Crippen molar-refractivity contribution in [2.75, 3.05) is 6.54 Å². The number of carbonyl (C=O) groups is 1. The van der Waals surface area contributed by atoms with Gasteiger partial charge in [0.05, 0.1) is 34.3 Å². The predicted octanol–water partition coefficient (Wildman–Crippen LogP) is 6.17. The zero-order chi connectivity index (χ0) is 31.4. The third kappa shape index (κ3) is 5.49. The number of hydrogen-bond donors (Lipinski definition) is 2. The van der Waals surface area contributed by atoms with E-state index >= 15 is 0 Å². The Hall–Kier alpha value is -4.45. The van der Waals surface area contributed by atoms with Crippen LogP contribution in [0.2, 0.25) is 0 Å². The zero-order valence-corrected chi connectivity index (χ0v) is 23.0. The number of rotatable bonds is 5. The molecular weight excluding hydrogens is 588 g/mol. The molecular formula is C32H25F6N3O3. The summed E-state index contributed by atoms with van der Waals surface area (Å²) in [6, 6.07) is 16.1. The molecule has 12 heteroatoms. The number of benzene rings is 3. The highest BCUT2D eigenvalue weighted by molar-refractivity contribution is 5.83. The molecule has 2 heterocycles. The van der Waals surface area contributed by atoms with Crippen molar-refractivity contribution < 1.29 is 36.2 Å². The van der Waals surface area contributed by atoms with Crippen molar-refractivity contribution in [1.82, 2.24) is 14.9 Å². The molecule has 0 bridgehead atoms. The number of aromatic nitrogens is 2. The standard InChI is InChI=1S/C32H25F6N3O3/c33-31(34,35)22-14-20(15-23(16-22)32(36,37)38)18-5-4-6-19(13-18)26(42)28(44)41-12-9-25-24(17-41)27(43)40-29(39-25)30(10-11-30)21-7-2-1-3-8-21/h1-8,13-16,26,42H,9-12,17H2,(H,39,40,43). The number of aliphatic hydroxyl groups is 1. The van der Waals surface area contributed by atoms with Gasteiger partial charge in [-0.25, -0.2) is 4.98 Å². The first kappa shape index (κ1) is 29.6. The summed E-state index contributed by atoms with van der Waals surface area (Å²) in [7, 11) is 0. The number of alkyl halides is 6. The van der Waals surface area contributed by atoms with E-state index < -0.39 is 35.5 Å². The number of carbonyl (C=O) groups excluding carboxylic acids is 1. The topological polar surface area (TPSA) is 86.3 Å². The summed E-state index contributed by atoms with van der Waals surface area (Å²) < 4.78 is 80.3.